The SMILES string of the molecule is N=C/C=C\Nc1ccccc1Nc1cc(Cl)ncn1. The minimum Gasteiger partial charge on any atom is -0.360 e. The predicted molar refractivity (Wildman–Crippen MR) is 78.3 cm³/mol. The zero-order valence-corrected chi connectivity index (χ0v) is 10.7. The second-order valence-corrected chi connectivity index (χ2v) is 3.95. The number of hydrogen-bond acceptors (Lipinski definition) is 5. The Morgan fingerprint density at radius 2 is 1.95 bits per heavy atom. The first-order valence-corrected chi connectivity index (χ1v) is 5.93. The summed E-state index contributed by atoms with van der Waals surface area (Å²) in [5.41, 5.74) is 1.72. The van der Waals surface area contributed by atoms with Crippen LogP contribution in [0.15, 0.2) is 48.9 Å². The van der Waals surface area contributed by atoms with Crippen LogP contribution >= 0.6 is 11.6 Å². The van der Waals surface area contributed by atoms with E-state index in [2.05, 4.69) is 20.6 Å². The number of anilines is 3. The summed E-state index contributed by atoms with van der Waals surface area (Å²) in [5.74, 6) is 0.616. The molecule has 96 valence electrons. The highest BCUT2D eigenvalue weighted by atomic mass is 35.5. The molecule has 0 radical (unpaired) electrons. The Kier molecular flexibility index (Phi) is 4.47. The largest absolute Gasteiger partial charge is 0.360 e. The molecule has 0 spiro atoms. The Balaban J connectivity index is 2.20. The third-order valence-electron chi connectivity index (χ3n) is 2.25. The van der Waals surface area contributed by atoms with Gasteiger partial charge in [-0.15, -0.1) is 0 Å². The number of halogens is 1. The van der Waals surface area contributed by atoms with Crippen LogP contribution < -0.4 is 10.6 Å². The summed E-state index contributed by atoms with van der Waals surface area (Å²) >= 11 is 5.81. The van der Waals surface area contributed by atoms with E-state index < -0.39 is 0 Å². The summed E-state index contributed by atoms with van der Waals surface area (Å²) < 4.78 is 0. The lowest BCUT2D eigenvalue weighted by molar-refractivity contribution is 1.17. The number of benzene rings is 1. The molecule has 0 aliphatic carbocycles. The van der Waals surface area contributed by atoms with Crippen LogP contribution in [0.25, 0.3) is 0 Å². The van der Waals surface area contributed by atoms with Gasteiger partial charge in [0.1, 0.15) is 17.3 Å². The van der Waals surface area contributed by atoms with Crippen LogP contribution in [0.1, 0.15) is 0 Å². The van der Waals surface area contributed by atoms with Gasteiger partial charge in [-0.1, -0.05) is 23.7 Å². The summed E-state index contributed by atoms with van der Waals surface area (Å²) in [6.45, 7) is 0. The van der Waals surface area contributed by atoms with Gasteiger partial charge in [0.2, 0.25) is 0 Å². The first-order valence-electron chi connectivity index (χ1n) is 5.55. The van der Waals surface area contributed by atoms with E-state index in [1.165, 1.54) is 12.5 Å². The summed E-state index contributed by atoms with van der Waals surface area (Å²) in [6, 6.07) is 9.30. The molecule has 0 aliphatic heterocycles. The molecular weight excluding hydrogens is 262 g/mol. The number of allylic oxidation sites excluding steroid dienone is 1. The van der Waals surface area contributed by atoms with Crippen molar-refractivity contribution in [1.29, 1.82) is 5.41 Å². The zero-order valence-electron chi connectivity index (χ0n) is 9.97. The van der Waals surface area contributed by atoms with Crippen molar-refractivity contribution >= 4 is 35.0 Å². The molecule has 0 saturated carbocycles. The van der Waals surface area contributed by atoms with Gasteiger partial charge in [-0.3, -0.25) is 0 Å². The third kappa shape index (κ3) is 3.79. The van der Waals surface area contributed by atoms with Gasteiger partial charge in [-0.25, -0.2) is 9.97 Å². The van der Waals surface area contributed by atoms with E-state index in [9.17, 15) is 0 Å². The summed E-state index contributed by atoms with van der Waals surface area (Å²) in [7, 11) is 0. The molecule has 1 aromatic heterocycles. The Labute approximate surface area is 115 Å². The number of rotatable bonds is 5. The second kappa shape index (κ2) is 6.51. The molecule has 0 unspecified atom stereocenters. The maximum absolute atomic E-state index is 6.93. The van der Waals surface area contributed by atoms with Crippen LogP contribution in [-0.4, -0.2) is 16.2 Å². The molecule has 2 rings (SSSR count). The van der Waals surface area contributed by atoms with Crippen molar-refractivity contribution in [2.24, 2.45) is 0 Å². The fraction of sp³-hybridized carbons (Fsp3) is 0. The van der Waals surface area contributed by atoms with Crippen molar-refractivity contribution < 1.29 is 0 Å². The van der Waals surface area contributed by atoms with Crippen molar-refractivity contribution in [3.8, 4) is 0 Å². The van der Waals surface area contributed by atoms with Gasteiger partial charge in [0.05, 0.1) is 11.4 Å². The van der Waals surface area contributed by atoms with Gasteiger partial charge >= 0.3 is 0 Å². The van der Waals surface area contributed by atoms with Gasteiger partial charge in [0, 0.05) is 18.5 Å². The topological polar surface area (TPSA) is 73.7 Å². The lowest BCUT2D eigenvalue weighted by atomic mass is 10.2. The van der Waals surface area contributed by atoms with Crippen molar-refractivity contribution in [2.75, 3.05) is 10.6 Å². The molecule has 19 heavy (non-hydrogen) atoms. The van der Waals surface area contributed by atoms with Crippen LogP contribution in [0.3, 0.4) is 0 Å². The summed E-state index contributed by atoms with van der Waals surface area (Å²) in [6.07, 6.45) is 5.88. The minimum atomic E-state index is 0.381. The van der Waals surface area contributed by atoms with Crippen molar-refractivity contribution in [3.63, 3.8) is 0 Å². The van der Waals surface area contributed by atoms with E-state index in [0.717, 1.165) is 11.4 Å². The van der Waals surface area contributed by atoms with Crippen LogP contribution in [-0.2, 0) is 0 Å². The Hall–Kier alpha value is -2.40. The summed E-state index contributed by atoms with van der Waals surface area (Å²) in [4.78, 5) is 7.91. The average molecular weight is 274 g/mol. The number of aromatic nitrogens is 2. The zero-order chi connectivity index (χ0) is 13.5. The molecule has 6 heteroatoms. The Bertz CT molecular complexity index is 597. The molecule has 1 aromatic carbocycles. The highest BCUT2D eigenvalue weighted by Gasteiger charge is 2.02. The second-order valence-electron chi connectivity index (χ2n) is 3.57. The third-order valence-corrected chi connectivity index (χ3v) is 2.46. The minimum absolute atomic E-state index is 0.381. The smallest absolute Gasteiger partial charge is 0.135 e. The average Bonchev–Trinajstić information content (AvgIpc) is 2.41. The Morgan fingerprint density at radius 1 is 1.16 bits per heavy atom. The van der Waals surface area contributed by atoms with Gasteiger partial charge in [0.25, 0.3) is 0 Å². The Morgan fingerprint density at radius 3 is 2.68 bits per heavy atom. The maximum Gasteiger partial charge on any atom is 0.135 e. The lowest BCUT2D eigenvalue weighted by Gasteiger charge is -2.10. The number of hydrogen-bond donors (Lipinski definition) is 3. The molecule has 1 heterocycles. The van der Waals surface area contributed by atoms with Crippen LogP contribution in [0.4, 0.5) is 17.2 Å². The van der Waals surface area contributed by atoms with E-state index in [1.807, 2.05) is 24.3 Å². The molecule has 0 amide bonds. The highest BCUT2D eigenvalue weighted by molar-refractivity contribution is 6.29. The van der Waals surface area contributed by atoms with Crippen molar-refractivity contribution in [2.45, 2.75) is 0 Å². The molecule has 5 nitrogen and oxygen atoms in total. The number of para-hydroxylation sites is 2. The maximum atomic E-state index is 6.93. The highest BCUT2D eigenvalue weighted by Crippen LogP contribution is 2.24. The number of nitrogens with zero attached hydrogens (tertiary/aromatic N) is 2. The molecule has 2 aromatic rings. The van der Waals surface area contributed by atoms with E-state index >= 15 is 0 Å². The fourth-order valence-corrected chi connectivity index (χ4v) is 1.59. The van der Waals surface area contributed by atoms with E-state index in [0.29, 0.717) is 11.0 Å². The van der Waals surface area contributed by atoms with E-state index in [1.54, 1.807) is 18.3 Å². The molecular formula is C13H12ClN5. The monoisotopic (exact) mass is 273 g/mol. The first-order chi connectivity index (χ1) is 9.29. The molecule has 0 saturated heterocycles. The van der Waals surface area contributed by atoms with Crippen LogP contribution in [0.2, 0.25) is 5.15 Å². The standard InChI is InChI=1S/C13H12ClN5/c14-12-8-13(18-9-17-12)19-11-5-2-1-4-10(11)16-7-3-6-15/h1-9,15-16H,(H,17,18,19)/b7-3-,15-6?. The van der Waals surface area contributed by atoms with Gasteiger partial charge < -0.3 is 16.0 Å². The van der Waals surface area contributed by atoms with E-state index in [-0.39, 0.29) is 0 Å². The molecule has 0 atom stereocenters. The van der Waals surface area contributed by atoms with E-state index in [4.69, 9.17) is 17.0 Å². The summed E-state index contributed by atoms with van der Waals surface area (Å²) in [5, 5.41) is 13.5. The van der Waals surface area contributed by atoms with Crippen LogP contribution in [0, 0.1) is 5.41 Å². The van der Waals surface area contributed by atoms with Crippen molar-refractivity contribution in [1.82, 2.24) is 9.97 Å². The lowest BCUT2D eigenvalue weighted by Crippen LogP contribution is -1.98. The molecule has 0 bridgehead atoms. The van der Waals surface area contributed by atoms with Gasteiger partial charge in [0.15, 0.2) is 0 Å². The number of nitrogens with one attached hydrogen (secondary N) is 3. The normalized spacial score (nSPS) is 10.4. The first kappa shape index (κ1) is 13.0. The van der Waals surface area contributed by atoms with Crippen molar-refractivity contribution in [3.05, 3.63) is 54.1 Å². The fourth-order valence-electron chi connectivity index (χ4n) is 1.44. The predicted octanol–water partition coefficient (Wildman–Crippen LogP) is 3.45. The molecule has 0 fully saturated rings. The van der Waals surface area contributed by atoms with Gasteiger partial charge in [-0.05, 0) is 18.2 Å². The molecule has 3 N–H and O–H groups in total. The van der Waals surface area contributed by atoms with Gasteiger partial charge in [-0.2, -0.15) is 0 Å². The molecule has 0 aliphatic rings. The van der Waals surface area contributed by atoms with Crippen LogP contribution in [0.5, 0.6) is 0 Å². The quantitative estimate of drug-likeness (QED) is 0.576.